The Balaban J connectivity index is 1.50. The maximum absolute atomic E-state index is 11.8. The Morgan fingerprint density at radius 3 is 2.84 bits per heavy atom. The molecular weight excluding hydrogens is 256 g/mol. The van der Waals surface area contributed by atoms with Gasteiger partial charge in [-0.2, -0.15) is 0 Å². The molecule has 0 radical (unpaired) electrons. The van der Waals surface area contributed by atoms with Gasteiger partial charge in [-0.3, -0.25) is 4.79 Å². The number of hydrogen-bond donors (Lipinski definition) is 1. The summed E-state index contributed by atoms with van der Waals surface area (Å²) in [4.78, 5) is 16.3. The molecule has 98 valence electrons. The minimum atomic E-state index is 0.0422. The molecule has 0 unspecified atom stereocenters. The van der Waals surface area contributed by atoms with Crippen molar-refractivity contribution in [2.75, 3.05) is 5.32 Å². The molecule has 0 spiro atoms. The van der Waals surface area contributed by atoms with Crippen LogP contribution in [-0.4, -0.2) is 10.9 Å². The monoisotopic (exact) mass is 272 g/mol. The van der Waals surface area contributed by atoms with Gasteiger partial charge in [0.25, 0.3) is 0 Å². The summed E-state index contributed by atoms with van der Waals surface area (Å²) in [5, 5.41) is 5.68. The van der Waals surface area contributed by atoms with Crippen LogP contribution in [0.3, 0.4) is 0 Å². The lowest BCUT2D eigenvalue weighted by molar-refractivity contribution is -0.116. The van der Waals surface area contributed by atoms with Crippen LogP contribution < -0.4 is 5.32 Å². The van der Waals surface area contributed by atoms with E-state index in [1.54, 1.807) is 0 Å². The first-order valence-electron chi connectivity index (χ1n) is 6.60. The van der Waals surface area contributed by atoms with Gasteiger partial charge in [-0.15, -0.1) is 11.3 Å². The van der Waals surface area contributed by atoms with Gasteiger partial charge in [-0.25, -0.2) is 4.98 Å². The molecule has 0 saturated heterocycles. The Bertz CT molecular complexity index is 561. The summed E-state index contributed by atoms with van der Waals surface area (Å²) in [6, 6.07) is 10.1. The average molecular weight is 272 g/mol. The lowest BCUT2D eigenvalue weighted by Gasteiger charge is -2.02. The standard InChI is InChI=1S/C15H16N2OS/c18-14(9-6-11-4-2-1-3-5-11)17-15-16-13(10-19-15)12-7-8-12/h1-5,10,12H,6-9H2,(H,16,17,18). The van der Waals surface area contributed by atoms with Gasteiger partial charge in [0, 0.05) is 17.7 Å². The second-order valence-corrected chi connectivity index (χ2v) is 5.74. The summed E-state index contributed by atoms with van der Waals surface area (Å²) >= 11 is 1.52. The molecule has 1 N–H and O–H groups in total. The van der Waals surface area contributed by atoms with Crippen molar-refractivity contribution in [1.29, 1.82) is 0 Å². The number of carbonyl (C=O) groups excluding carboxylic acids is 1. The highest BCUT2D eigenvalue weighted by molar-refractivity contribution is 7.13. The minimum absolute atomic E-state index is 0.0422. The van der Waals surface area contributed by atoms with Crippen molar-refractivity contribution in [2.45, 2.75) is 31.6 Å². The summed E-state index contributed by atoms with van der Waals surface area (Å²) in [6.07, 6.45) is 3.76. The van der Waals surface area contributed by atoms with Crippen LogP contribution in [-0.2, 0) is 11.2 Å². The number of carbonyl (C=O) groups is 1. The van der Waals surface area contributed by atoms with E-state index in [1.165, 1.54) is 29.7 Å². The van der Waals surface area contributed by atoms with Gasteiger partial charge in [0.1, 0.15) is 0 Å². The van der Waals surface area contributed by atoms with Gasteiger partial charge < -0.3 is 5.32 Å². The third-order valence-electron chi connectivity index (χ3n) is 3.25. The molecule has 1 aliphatic rings. The number of amides is 1. The summed E-state index contributed by atoms with van der Waals surface area (Å²) in [6.45, 7) is 0. The van der Waals surface area contributed by atoms with Crippen molar-refractivity contribution in [2.24, 2.45) is 0 Å². The SMILES string of the molecule is O=C(CCc1ccccc1)Nc1nc(C2CC2)cs1. The number of aromatic nitrogens is 1. The molecule has 0 bridgehead atoms. The van der Waals surface area contributed by atoms with Gasteiger partial charge in [0.05, 0.1) is 5.69 Å². The highest BCUT2D eigenvalue weighted by Crippen LogP contribution is 2.40. The van der Waals surface area contributed by atoms with Crippen LogP contribution in [0.4, 0.5) is 5.13 Å². The molecule has 0 atom stereocenters. The fourth-order valence-electron chi connectivity index (χ4n) is 1.99. The van der Waals surface area contributed by atoms with Gasteiger partial charge >= 0.3 is 0 Å². The van der Waals surface area contributed by atoms with E-state index < -0.39 is 0 Å². The van der Waals surface area contributed by atoms with E-state index in [0.29, 0.717) is 12.3 Å². The number of anilines is 1. The number of rotatable bonds is 5. The van der Waals surface area contributed by atoms with Crippen molar-refractivity contribution in [3.63, 3.8) is 0 Å². The Hall–Kier alpha value is -1.68. The van der Waals surface area contributed by atoms with Crippen molar-refractivity contribution >= 4 is 22.4 Å². The predicted octanol–water partition coefficient (Wildman–Crippen LogP) is 3.59. The number of nitrogens with zero attached hydrogens (tertiary/aromatic N) is 1. The van der Waals surface area contributed by atoms with Crippen molar-refractivity contribution < 1.29 is 4.79 Å². The van der Waals surface area contributed by atoms with Crippen LogP contribution in [0.1, 0.15) is 36.4 Å². The Morgan fingerprint density at radius 2 is 2.11 bits per heavy atom. The van der Waals surface area contributed by atoms with Crippen LogP contribution in [0.25, 0.3) is 0 Å². The summed E-state index contributed by atoms with van der Waals surface area (Å²) in [7, 11) is 0. The number of thiazole rings is 1. The van der Waals surface area contributed by atoms with E-state index in [1.807, 2.05) is 30.3 Å². The zero-order chi connectivity index (χ0) is 13.1. The first-order valence-corrected chi connectivity index (χ1v) is 7.48. The molecule has 1 amide bonds. The van der Waals surface area contributed by atoms with Gasteiger partial charge in [0.15, 0.2) is 5.13 Å². The van der Waals surface area contributed by atoms with Crippen molar-refractivity contribution in [1.82, 2.24) is 4.98 Å². The molecule has 1 heterocycles. The highest BCUT2D eigenvalue weighted by Gasteiger charge is 2.26. The van der Waals surface area contributed by atoms with Gasteiger partial charge in [-0.1, -0.05) is 30.3 Å². The largest absolute Gasteiger partial charge is 0.302 e. The maximum atomic E-state index is 11.8. The van der Waals surface area contributed by atoms with Crippen LogP contribution in [0.2, 0.25) is 0 Å². The molecule has 1 aliphatic carbocycles. The van der Waals surface area contributed by atoms with Crippen LogP contribution >= 0.6 is 11.3 Å². The molecule has 19 heavy (non-hydrogen) atoms. The quantitative estimate of drug-likeness (QED) is 0.903. The van der Waals surface area contributed by atoms with E-state index >= 15 is 0 Å². The molecule has 3 rings (SSSR count). The van der Waals surface area contributed by atoms with Gasteiger partial charge in [-0.05, 0) is 24.8 Å². The fraction of sp³-hybridized carbons (Fsp3) is 0.333. The third-order valence-corrected chi connectivity index (χ3v) is 4.02. The number of aryl methyl sites for hydroxylation is 1. The number of benzene rings is 1. The second-order valence-electron chi connectivity index (χ2n) is 4.89. The Morgan fingerprint density at radius 1 is 1.32 bits per heavy atom. The Labute approximate surface area is 116 Å². The van der Waals surface area contributed by atoms with E-state index in [-0.39, 0.29) is 5.91 Å². The summed E-state index contributed by atoms with van der Waals surface area (Å²) in [5.74, 6) is 0.687. The molecule has 1 fully saturated rings. The van der Waals surface area contributed by atoms with Crippen LogP contribution in [0.5, 0.6) is 0 Å². The number of hydrogen-bond acceptors (Lipinski definition) is 3. The zero-order valence-corrected chi connectivity index (χ0v) is 11.5. The summed E-state index contributed by atoms with van der Waals surface area (Å²) < 4.78 is 0. The lowest BCUT2D eigenvalue weighted by Crippen LogP contribution is -2.12. The molecule has 1 saturated carbocycles. The topological polar surface area (TPSA) is 42.0 Å². The molecule has 1 aromatic carbocycles. The third kappa shape index (κ3) is 3.41. The second kappa shape index (κ2) is 5.53. The van der Waals surface area contributed by atoms with E-state index in [2.05, 4.69) is 15.7 Å². The normalized spacial score (nSPS) is 14.3. The number of nitrogens with one attached hydrogen (secondary N) is 1. The first-order chi connectivity index (χ1) is 9.31. The fourth-order valence-corrected chi connectivity index (χ4v) is 2.80. The lowest BCUT2D eigenvalue weighted by atomic mass is 10.1. The molecule has 2 aromatic rings. The van der Waals surface area contributed by atoms with Gasteiger partial charge in [0.2, 0.25) is 5.91 Å². The smallest absolute Gasteiger partial charge is 0.226 e. The van der Waals surface area contributed by atoms with Crippen LogP contribution in [0, 0.1) is 0 Å². The van der Waals surface area contributed by atoms with E-state index in [0.717, 1.165) is 17.2 Å². The molecular formula is C15H16N2OS. The predicted molar refractivity (Wildman–Crippen MR) is 77.5 cm³/mol. The molecule has 3 nitrogen and oxygen atoms in total. The van der Waals surface area contributed by atoms with E-state index in [9.17, 15) is 4.79 Å². The summed E-state index contributed by atoms with van der Waals surface area (Å²) in [5.41, 5.74) is 2.33. The highest BCUT2D eigenvalue weighted by atomic mass is 32.1. The first kappa shape index (κ1) is 12.4. The van der Waals surface area contributed by atoms with Crippen LogP contribution in [0.15, 0.2) is 35.7 Å². The molecule has 1 aromatic heterocycles. The average Bonchev–Trinajstić information content (AvgIpc) is 3.19. The zero-order valence-electron chi connectivity index (χ0n) is 10.6. The molecule has 4 heteroatoms. The minimum Gasteiger partial charge on any atom is -0.302 e. The van der Waals surface area contributed by atoms with Crippen molar-refractivity contribution in [3.8, 4) is 0 Å². The van der Waals surface area contributed by atoms with E-state index in [4.69, 9.17) is 0 Å². The maximum Gasteiger partial charge on any atom is 0.226 e. The Kier molecular flexibility index (Phi) is 3.60. The molecule has 0 aliphatic heterocycles. The van der Waals surface area contributed by atoms with Crippen molar-refractivity contribution in [3.05, 3.63) is 47.0 Å².